The number of halogens is 1. The maximum absolute atomic E-state index is 10.6. The summed E-state index contributed by atoms with van der Waals surface area (Å²) in [4.78, 5) is 8.52. The van der Waals surface area contributed by atoms with E-state index in [-0.39, 0.29) is 17.6 Å². The SMILES string of the molecule is COc1cccc(O)c1-n1c(C/C=C\CCO)nnc1NSC(C)C(OC)c1ncc(Cl)cn1. The average molecular weight is 507 g/mol. The van der Waals surface area contributed by atoms with Gasteiger partial charge in [0.05, 0.1) is 17.4 Å². The number of nitrogens with one attached hydrogen (secondary N) is 1. The summed E-state index contributed by atoms with van der Waals surface area (Å²) in [6, 6.07) is 5.02. The number of rotatable bonds is 12. The molecule has 0 spiro atoms. The van der Waals surface area contributed by atoms with Crippen LogP contribution in [0.25, 0.3) is 5.69 Å². The van der Waals surface area contributed by atoms with Gasteiger partial charge in [-0.25, -0.2) is 9.97 Å². The van der Waals surface area contributed by atoms with E-state index in [1.807, 2.05) is 19.1 Å². The first-order chi connectivity index (χ1) is 16.5. The standard InChI is InChI=1S/C22H27ClN6O4S/c1-14(20(33-3)21-24-12-15(23)13-25-21)34-28-22-27-26-18(10-5-4-6-11-30)29(22)19-16(31)8-7-9-17(19)32-2/h4-5,7-9,12-14,20,30-31H,6,10-11H2,1-3H3,(H,27,28)/b5-4-. The predicted octanol–water partition coefficient (Wildman–Crippen LogP) is 3.74. The van der Waals surface area contributed by atoms with Gasteiger partial charge in [0, 0.05) is 32.5 Å². The number of phenolic OH excluding ortho intramolecular Hbond substituents is 1. The second kappa shape index (κ2) is 12.6. The molecule has 2 aromatic heterocycles. The second-order valence-corrected chi connectivity index (χ2v) is 8.75. The van der Waals surface area contributed by atoms with Crippen LogP contribution in [0.5, 0.6) is 11.5 Å². The van der Waals surface area contributed by atoms with E-state index >= 15 is 0 Å². The van der Waals surface area contributed by atoms with Crippen molar-refractivity contribution in [3.63, 3.8) is 0 Å². The Morgan fingerprint density at radius 1 is 1.21 bits per heavy atom. The number of phenols is 1. The molecule has 0 amide bonds. The number of aromatic hydroxyl groups is 1. The smallest absolute Gasteiger partial charge is 0.239 e. The highest BCUT2D eigenvalue weighted by Crippen LogP contribution is 2.36. The molecule has 1 aromatic carbocycles. The zero-order valence-electron chi connectivity index (χ0n) is 19.1. The highest BCUT2D eigenvalue weighted by molar-refractivity contribution is 8.01. The molecule has 0 aliphatic rings. The summed E-state index contributed by atoms with van der Waals surface area (Å²) in [7, 11) is 3.12. The van der Waals surface area contributed by atoms with E-state index < -0.39 is 6.10 Å². The third-order valence-corrected chi connectivity index (χ3v) is 5.94. The Morgan fingerprint density at radius 2 is 1.97 bits per heavy atom. The number of allylic oxidation sites excluding steroid dienone is 1. The Bertz CT molecular complexity index is 1100. The Labute approximate surface area is 207 Å². The number of hydrogen-bond acceptors (Lipinski definition) is 10. The second-order valence-electron chi connectivity index (χ2n) is 7.13. The van der Waals surface area contributed by atoms with Gasteiger partial charge in [0.25, 0.3) is 0 Å². The summed E-state index contributed by atoms with van der Waals surface area (Å²) in [5, 5.41) is 28.6. The van der Waals surface area contributed by atoms with Crippen LogP contribution in [0.2, 0.25) is 5.02 Å². The molecule has 10 nitrogen and oxygen atoms in total. The van der Waals surface area contributed by atoms with Gasteiger partial charge in [-0.15, -0.1) is 10.2 Å². The maximum atomic E-state index is 10.6. The van der Waals surface area contributed by atoms with Gasteiger partial charge in [-0.2, -0.15) is 0 Å². The Morgan fingerprint density at radius 3 is 2.65 bits per heavy atom. The highest BCUT2D eigenvalue weighted by atomic mass is 35.5. The molecule has 2 atom stereocenters. The van der Waals surface area contributed by atoms with Crippen LogP contribution < -0.4 is 9.46 Å². The normalized spacial score (nSPS) is 13.2. The van der Waals surface area contributed by atoms with Gasteiger partial charge >= 0.3 is 0 Å². The number of aliphatic hydroxyl groups is 1. The Kier molecular flexibility index (Phi) is 9.52. The van der Waals surface area contributed by atoms with Gasteiger partial charge in [0.1, 0.15) is 29.1 Å². The first-order valence-corrected chi connectivity index (χ1v) is 11.7. The van der Waals surface area contributed by atoms with Crippen LogP contribution in [-0.2, 0) is 11.2 Å². The number of anilines is 1. The molecule has 0 saturated carbocycles. The van der Waals surface area contributed by atoms with Crippen molar-refractivity contribution in [3.8, 4) is 17.2 Å². The third kappa shape index (κ3) is 6.17. The van der Waals surface area contributed by atoms with Crippen molar-refractivity contribution in [2.75, 3.05) is 25.5 Å². The van der Waals surface area contributed by atoms with E-state index in [2.05, 4.69) is 24.9 Å². The molecule has 3 N–H and O–H groups in total. The minimum Gasteiger partial charge on any atom is -0.506 e. The van der Waals surface area contributed by atoms with Gasteiger partial charge in [0.15, 0.2) is 5.82 Å². The topological polar surface area (TPSA) is 127 Å². The van der Waals surface area contributed by atoms with Crippen LogP contribution in [0.4, 0.5) is 5.95 Å². The molecule has 34 heavy (non-hydrogen) atoms. The molecule has 12 heteroatoms. The lowest BCUT2D eigenvalue weighted by Crippen LogP contribution is -2.19. The number of ether oxygens (including phenoxy) is 2. The quantitative estimate of drug-likeness (QED) is 0.247. The largest absolute Gasteiger partial charge is 0.506 e. The number of hydrogen-bond donors (Lipinski definition) is 3. The van der Waals surface area contributed by atoms with Gasteiger partial charge in [0.2, 0.25) is 5.95 Å². The first kappa shape index (κ1) is 25.8. The van der Waals surface area contributed by atoms with Gasteiger partial charge < -0.3 is 19.7 Å². The van der Waals surface area contributed by atoms with Crippen molar-refractivity contribution < 1.29 is 19.7 Å². The lowest BCUT2D eigenvalue weighted by molar-refractivity contribution is 0.0972. The fourth-order valence-electron chi connectivity index (χ4n) is 3.21. The van der Waals surface area contributed by atoms with Crippen LogP contribution in [-0.4, -0.2) is 61.0 Å². The molecule has 2 heterocycles. The molecule has 0 saturated heterocycles. The van der Waals surface area contributed by atoms with E-state index in [9.17, 15) is 5.11 Å². The van der Waals surface area contributed by atoms with Crippen LogP contribution in [0.15, 0.2) is 42.7 Å². The van der Waals surface area contributed by atoms with Crippen molar-refractivity contribution in [3.05, 3.63) is 59.4 Å². The fraction of sp³-hybridized carbons (Fsp3) is 0.364. The number of benzene rings is 1. The number of aliphatic hydroxyl groups excluding tert-OH is 1. The molecular formula is C22H27ClN6O4S. The Hall–Kier alpha value is -2.86. The summed E-state index contributed by atoms with van der Waals surface area (Å²) in [6.45, 7) is 2.03. The van der Waals surface area contributed by atoms with Crippen molar-refractivity contribution >= 4 is 29.5 Å². The summed E-state index contributed by atoms with van der Waals surface area (Å²) in [6.07, 6.45) is 7.37. The fourth-order valence-corrected chi connectivity index (χ4v) is 4.09. The highest BCUT2D eigenvalue weighted by Gasteiger charge is 2.25. The summed E-state index contributed by atoms with van der Waals surface area (Å²) >= 11 is 7.25. The lowest BCUT2D eigenvalue weighted by atomic mass is 10.2. The van der Waals surface area contributed by atoms with Crippen LogP contribution in [0.1, 0.15) is 31.1 Å². The molecule has 0 aliphatic carbocycles. The number of para-hydroxylation sites is 1. The predicted molar refractivity (Wildman–Crippen MR) is 132 cm³/mol. The molecule has 0 aliphatic heterocycles. The van der Waals surface area contributed by atoms with E-state index in [0.717, 1.165) is 0 Å². The molecule has 0 bridgehead atoms. The average Bonchev–Trinajstić information content (AvgIpc) is 3.24. The third-order valence-electron chi connectivity index (χ3n) is 4.83. The molecule has 2 unspecified atom stereocenters. The summed E-state index contributed by atoms with van der Waals surface area (Å²) < 4.78 is 16.0. The van der Waals surface area contributed by atoms with E-state index in [1.54, 1.807) is 29.9 Å². The molecule has 0 fully saturated rings. The Balaban J connectivity index is 1.89. The number of nitrogens with zero attached hydrogens (tertiary/aromatic N) is 5. The zero-order chi connectivity index (χ0) is 24.5. The zero-order valence-corrected chi connectivity index (χ0v) is 20.6. The lowest BCUT2D eigenvalue weighted by Gasteiger charge is -2.21. The summed E-state index contributed by atoms with van der Waals surface area (Å²) in [5.74, 6) is 1.96. The monoisotopic (exact) mass is 506 g/mol. The van der Waals surface area contributed by atoms with Gasteiger partial charge in [-0.1, -0.05) is 29.8 Å². The number of methoxy groups -OCH3 is 2. The molecule has 3 aromatic rings. The molecule has 0 radical (unpaired) electrons. The van der Waals surface area contributed by atoms with Crippen LogP contribution >= 0.6 is 23.5 Å². The number of aromatic nitrogens is 5. The van der Waals surface area contributed by atoms with Crippen molar-refractivity contribution in [2.24, 2.45) is 0 Å². The molecule has 182 valence electrons. The van der Waals surface area contributed by atoms with Crippen molar-refractivity contribution in [2.45, 2.75) is 31.1 Å². The van der Waals surface area contributed by atoms with Crippen LogP contribution in [0, 0.1) is 0 Å². The van der Waals surface area contributed by atoms with Gasteiger partial charge in [-0.05, 0) is 37.4 Å². The summed E-state index contributed by atoms with van der Waals surface area (Å²) in [5.41, 5.74) is 0.417. The van der Waals surface area contributed by atoms with Crippen molar-refractivity contribution in [1.82, 2.24) is 24.7 Å². The molecule has 3 rings (SSSR count). The van der Waals surface area contributed by atoms with Crippen molar-refractivity contribution in [1.29, 1.82) is 0 Å². The van der Waals surface area contributed by atoms with Crippen LogP contribution in [0.3, 0.4) is 0 Å². The minimum absolute atomic E-state index is 0.0187. The van der Waals surface area contributed by atoms with E-state index in [1.165, 1.54) is 31.5 Å². The molecular weight excluding hydrogens is 480 g/mol. The minimum atomic E-state index is -0.410. The van der Waals surface area contributed by atoms with Gasteiger partial charge in [-0.3, -0.25) is 9.29 Å². The van der Waals surface area contributed by atoms with E-state index in [0.29, 0.717) is 46.9 Å². The maximum Gasteiger partial charge on any atom is 0.239 e. The van der Waals surface area contributed by atoms with E-state index in [4.69, 9.17) is 26.2 Å². The first-order valence-electron chi connectivity index (χ1n) is 10.5.